The Hall–Kier alpha value is -2.41. The van der Waals surface area contributed by atoms with Crippen molar-refractivity contribution in [3.8, 4) is 0 Å². The number of carbonyl (C=O) groups excluding carboxylic acids is 2. The van der Waals surface area contributed by atoms with Crippen LogP contribution in [-0.2, 0) is 9.53 Å². The van der Waals surface area contributed by atoms with Crippen molar-refractivity contribution in [2.75, 3.05) is 23.3 Å². The van der Waals surface area contributed by atoms with Crippen LogP contribution in [0.3, 0.4) is 0 Å². The van der Waals surface area contributed by atoms with E-state index < -0.39 is 0 Å². The molecule has 0 radical (unpaired) electrons. The van der Waals surface area contributed by atoms with Gasteiger partial charge >= 0.3 is 5.97 Å². The van der Waals surface area contributed by atoms with E-state index in [2.05, 4.69) is 31.1 Å². The zero-order chi connectivity index (χ0) is 20.1. The Labute approximate surface area is 173 Å². The van der Waals surface area contributed by atoms with E-state index in [1.807, 2.05) is 38.1 Å². The first-order chi connectivity index (χ1) is 13.5. The van der Waals surface area contributed by atoms with Gasteiger partial charge in [0, 0.05) is 29.7 Å². The molecule has 2 aromatic rings. The summed E-state index contributed by atoms with van der Waals surface area (Å²) in [6, 6.07) is 11.0. The first-order valence-corrected chi connectivity index (χ1v) is 10.2. The molecule has 28 heavy (non-hydrogen) atoms. The number of halogens is 1. The van der Waals surface area contributed by atoms with Crippen LogP contribution in [0, 0.1) is 5.92 Å². The van der Waals surface area contributed by atoms with Gasteiger partial charge in [0.2, 0.25) is 5.91 Å². The third kappa shape index (κ3) is 4.90. The number of carbonyl (C=O) groups is 2. The highest BCUT2D eigenvalue weighted by molar-refractivity contribution is 9.10. The summed E-state index contributed by atoms with van der Waals surface area (Å²) in [7, 11) is 0. The van der Waals surface area contributed by atoms with Crippen LogP contribution >= 0.6 is 15.9 Å². The zero-order valence-electron chi connectivity index (χ0n) is 16.0. The fourth-order valence-corrected chi connectivity index (χ4v) is 3.62. The Morgan fingerprint density at radius 2 is 1.89 bits per heavy atom. The van der Waals surface area contributed by atoms with Gasteiger partial charge in [0.15, 0.2) is 0 Å². The standard InChI is InChI=1S/C21H24BrN3O3/c1-14(2)28-21(27)16-6-5-11-23-19(16)25-12-9-15(10-13-25)20(26)24-18-8-4-3-7-17(18)22/h3-8,11,14-15H,9-10,12-13H2,1-2H3,(H,24,26). The highest BCUT2D eigenvalue weighted by Crippen LogP contribution is 2.27. The van der Waals surface area contributed by atoms with E-state index in [4.69, 9.17) is 4.74 Å². The molecule has 2 heterocycles. The molecule has 0 spiro atoms. The van der Waals surface area contributed by atoms with Crippen molar-refractivity contribution in [3.05, 3.63) is 52.6 Å². The molecule has 1 saturated heterocycles. The lowest BCUT2D eigenvalue weighted by Crippen LogP contribution is -2.39. The topological polar surface area (TPSA) is 71.5 Å². The Morgan fingerprint density at radius 3 is 2.57 bits per heavy atom. The summed E-state index contributed by atoms with van der Waals surface area (Å²) in [5, 5.41) is 2.99. The van der Waals surface area contributed by atoms with Crippen molar-refractivity contribution in [3.63, 3.8) is 0 Å². The molecule has 1 amide bonds. The lowest BCUT2D eigenvalue weighted by Gasteiger charge is -2.33. The fourth-order valence-electron chi connectivity index (χ4n) is 3.24. The quantitative estimate of drug-likeness (QED) is 0.695. The van der Waals surface area contributed by atoms with Crippen LogP contribution in [0.1, 0.15) is 37.0 Å². The Kier molecular flexibility index (Phi) is 6.67. The molecule has 6 nitrogen and oxygen atoms in total. The minimum atomic E-state index is -0.369. The van der Waals surface area contributed by atoms with Crippen molar-refractivity contribution in [1.82, 2.24) is 4.98 Å². The van der Waals surface area contributed by atoms with Crippen LogP contribution < -0.4 is 10.2 Å². The number of benzene rings is 1. The summed E-state index contributed by atoms with van der Waals surface area (Å²) in [5.41, 5.74) is 1.24. The maximum atomic E-state index is 12.6. The van der Waals surface area contributed by atoms with Gasteiger partial charge in [0.25, 0.3) is 0 Å². The largest absolute Gasteiger partial charge is 0.459 e. The third-order valence-electron chi connectivity index (χ3n) is 4.65. The summed E-state index contributed by atoms with van der Waals surface area (Å²) in [6.07, 6.45) is 2.89. The van der Waals surface area contributed by atoms with E-state index in [1.54, 1.807) is 18.3 Å². The lowest BCUT2D eigenvalue weighted by molar-refractivity contribution is -0.120. The van der Waals surface area contributed by atoms with Crippen molar-refractivity contribution in [1.29, 1.82) is 0 Å². The highest BCUT2D eigenvalue weighted by Gasteiger charge is 2.28. The SMILES string of the molecule is CC(C)OC(=O)c1cccnc1N1CCC(C(=O)Nc2ccccc2Br)CC1. The van der Waals surface area contributed by atoms with Gasteiger partial charge in [-0.1, -0.05) is 12.1 Å². The fraction of sp³-hybridized carbons (Fsp3) is 0.381. The highest BCUT2D eigenvalue weighted by atomic mass is 79.9. The van der Waals surface area contributed by atoms with Gasteiger partial charge in [-0.05, 0) is 66.9 Å². The molecule has 0 bridgehead atoms. The number of piperidine rings is 1. The number of nitrogens with one attached hydrogen (secondary N) is 1. The molecule has 1 N–H and O–H groups in total. The average Bonchev–Trinajstić information content (AvgIpc) is 2.69. The molecular weight excluding hydrogens is 422 g/mol. The Bertz CT molecular complexity index is 848. The van der Waals surface area contributed by atoms with Crippen molar-refractivity contribution in [2.45, 2.75) is 32.8 Å². The van der Waals surface area contributed by atoms with Crippen molar-refractivity contribution >= 4 is 39.3 Å². The van der Waals surface area contributed by atoms with Crippen LogP contribution in [0.5, 0.6) is 0 Å². The smallest absolute Gasteiger partial charge is 0.342 e. The molecule has 1 aliphatic heterocycles. The van der Waals surface area contributed by atoms with Crippen LogP contribution in [0.4, 0.5) is 11.5 Å². The second kappa shape index (κ2) is 9.19. The number of amides is 1. The van der Waals surface area contributed by atoms with Gasteiger partial charge in [-0.25, -0.2) is 9.78 Å². The van der Waals surface area contributed by atoms with Gasteiger partial charge in [-0.15, -0.1) is 0 Å². The number of para-hydroxylation sites is 1. The molecule has 0 atom stereocenters. The van der Waals surface area contributed by atoms with E-state index >= 15 is 0 Å². The van der Waals surface area contributed by atoms with E-state index in [0.29, 0.717) is 37.3 Å². The molecule has 7 heteroatoms. The Balaban J connectivity index is 1.64. The van der Waals surface area contributed by atoms with E-state index in [9.17, 15) is 9.59 Å². The number of nitrogens with zero attached hydrogens (tertiary/aromatic N) is 2. The first-order valence-electron chi connectivity index (χ1n) is 9.42. The number of hydrogen-bond acceptors (Lipinski definition) is 5. The number of ether oxygens (including phenoxy) is 1. The Morgan fingerprint density at radius 1 is 1.18 bits per heavy atom. The molecule has 0 aliphatic carbocycles. The summed E-state index contributed by atoms with van der Waals surface area (Å²) >= 11 is 3.45. The maximum Gasteiger partial charge on any atom is 0.342 e. The number of pyridine rings is 1. The maximum absolute atomic E-state index is 12.6. The number of hydrogen-bond donors (Lipinski definition) is 1. The minimum Gasteiger partial charge on any atom is -0.459 e. The van der Waals surface area contributed by atoms with Gasteiger partial charge in [0.1, 0.15) is 11.4 Å². The number of aromatic nitrogens is 1. The third-order valence-corrected chi connectivity index (χ3v) is 5.34. The second-order valence-electron chi connectivity index (χ2n) is 7.06. The zero-order valence-corrected chi connectivity index (χ0v) is 17.6. The average molecular weight is 446 g/mol. The van der Waals surface area contributed by atoms with Crippen LogP contribution in [-0.4, -0.2) is 36.1 Å². The molecule has 1 fully saturated rings. The van der Waals surface area contributed by atoms with Crippen molar-refractivity contribution in [2.24, 2.45) is 5.92 Å². The van der Waals surface area contributed by atoms with Crippen LogP contribution in [0.25, 0.3) is 0 Å². The number of esters is 1. The van der Waals surface area contributed by atoms with E-state index in [1.165, 1.54) is 0 Å². The minimum absolute atomic E-state index is 0.0204. The molecule has 0 unspecified atom stereocenters. The second-order valence-corrected chi connectivity index (χ2v) is 7.91. The van der Waals surface area contributed by atoms with Crippen LogP contribution in [0.15, 0.2) is 47.1 Å². The van der Waals surface area contributed by atoms with E-state index in [-0.39, 0.29) is 23.9 Å². The molecule has 0 saturated carbocycles. The molecule has 148 valence electrons. The van der Waals surface area contributed by atoms with Gasteiger partial charge < -0.3 is 15.0 Å². The van der Waals surface area contributed by atoms with Crippen molar-refractivity contribution < 1.29 is 14.3 Å². The first kappa shape index (κ1) is 20.3. The lowest BCUT2D eigenvalue weighted by atomic mass is 9.95. The summed E-state index contributed by atoms with van der Waals surface area (Å²) < 4.78 is 6.19. The van der Waals surface area contributed by atoms with Crippen LogP contribution in [0.2, 0.25) is 0 Å². The van der Waals surface area contributed by atoms with Gasteiger partial charge in [-0.2, -0.15) is 0 Å². The molecule has 1 aromatic heterocycles. The monoisotopic (exact) mass is 445 g/mol. The molecular formula is C21H24BrN3O3. The van der Waals surface area contributed by atoms with E-state index in [0.717, 1.165) is 10.2 Å². The van der Waals surface area contributed by atoms with Gasteiger partial charge in [-0.3, -0.25) is 4.79 Å². The predicted molar refractivity (Wildman–Crippen MR) is 112 cm³/mol. The summed E-state index contributed by atoms with van der Waals surface area (Å²) in [6.45, 7) is 4.96. The molecule has 1 aromatic carbocycles. The normalized spacial score (nSPS) is 14.8. The van der Waals surface area contributed by atoms with Gasteiger partial charge in [0.05, 0.1) is 11.8 Å². The molecule has 1 aliphatic rings. The molecule has 3 rings (SSSR count). The summed E-state index contributed by atoms with van der Waals surface area (Å²) in [4.78, 5) is 31.4. The summed E-state index contributed by atoms with van der Waals surface area (Å²) in [5.74, 6) is 0.204. The number of rotatable bonds is 5. The number of anilines is 2. The predicted octanol–water partition coefficient (Wildman–Crippen LogP) is 4.26.